The zero-order valence-corrected chi connectivity index (χ0v) is 23.1. The van der Waals surface area contributed by atoms with Crippen LogP contribution < -0.4 is 9.47 Å². The van der Waals surface area contributed by atoms with E-state index in [1.165, 1.54) is 6.07 Å². The van der Waals surface area contributed by atoms with Crippen LogP contribution in [-0.2, 0) is 22.6 Å². The van der Waals surface area contributed by atoms with Crippen LogP contribution in [0.15, 0.2) is 66.9 Å². The zero-order valence-electron chi connectivity index (χ0n) is 22.4. The predicted octanol–water partition coefficient (Wildman–Crippen LogP) is 7.33. The number of carbonyl (C=O) groups is 2. The number of aliphatic carboxylic acids is 2. The summed E-state index contributed by atoms with van der Waals surface area (Å²) in [5.74, 6) is -1.46. The van der Waals surface area contributed by atoms with Crippen LogP contribution >= 0.6 is 11.6 Å². The number of hydrogen-bond donors (Lipinski definition) is 2. The Bertz CT molecular complexity index is 1530. The highest BCUT2D eigenvalue weighted by Gasteiger charge is 2.14. The first kappa shape index (κ1) is 29.7. The minimum Gasteiger partial charge on any atom is -0.494 e. The molecule has 4 rings (SSSR count). The molecular weight excluding hydrogens is 549 g/mol. The van der Waals surface area contributed by atoms with Crippen molar-refractivity contribution in [2.45, 2.75) is 38.6 Å². The summed E-state index contributed by atoms with van der Waals surface area (Å²) in [6, 6.07) is 18.1. The average molecular weight is 580 g/mol. The molecule has 0 unspecified atom stereocenters. The van der Waals surface area contributed by atoms with Gasteiger partial charge in [0.1, 0.15) is 5.75 Å². The first-order valence-corrected chi connectivity index (χ1v) is 13.7. The molecule has 0 spiro atoms. The molecule has 9 heteroatoms. The van der Waals surface area contributed by atoms with Gasteiger partial charge in [0.25, 0.3) is 0 Å². The second kappa shape index (κ2) is 14.4. The fraction of sp³-hybridized carbons (Fsp3) is 0.250. The Hall–Kier alpha value is -4.30. The molecule has 0 atom stereocenters. The Kier molecular flexibility index (Phi) is 10.4. The van der Waals surface area contributed by atoms with Crippen molar-refractivity contribution >= 4 is 46.6 Å². The van der Waals surface area contributed by atoms with Crippen LogP contribution in [-0.4, -0.2) is 39.9 Å². The van der Waals surface area contributed by atoms with Gasteiger partial charge in [0.05, 0.1) is 24.7 Å². The largest absolute Gasteiger partial charge is 0.494 e. The number of carboxylic acid groups (broad SMARTS) is 2. The number of fused-ring (bicyclic) bond motifs is 1. The molecule has 0 aliphatic rings. The van der Waals surface area contributed by atoms with E-state index in [1.54, 1.807) is 12.1 Å². The quantitative estimate of drug-likeness (QED) is 0.113. The van der Waals surface area contributed by atoms with Gasteiger partial charge < -0.3 is 24.3 Å². The van der Waals surface area contributed by atoms with E-state index in [0.29, 0.717) is 38.2 Å². The predicted molar refractivity (Wildman–Crippen MR) is 157 cm³/mol. The molecule has 0 saturated heterocycles. The van der Waals surface area contributed by atoms with E-state index in [2.05, 4.69) is 0 Å². The van der Waals surface area contributed by atoms with Crippen LogP contribution in [0.2, 0.25) is 5.02 Å². The minimum absolute atomic E-state index is 0.0354. The van der Waals surface area contributed by atoms with Crippen LogP contribution in [0.1, 0.15) is 42.4 Å². The molecule has 0 radical (unpaired) electrons. The summed E-state index contributed by atoms with van der Waals surface area (Å²) in [5, 5.41) is 19.3. The SMILES string of the molecule is O=C(O)CCCn1cc(CC(=O)O)c2c(/C=C/c3ccc(OCCCCOc4cccc(Cl)c4F)cc3)cccc21. The molecule has 1 heterocycles. The fourth-order valence-electron chi connectivity index (χ4n) is 4.52. The van der Waals surface area contributed by atoms with Crippen LogP contribution in [0.5, 0.6) is 11.5 Å². The number of benzene rings is 3. The van der Waals surface area contributed by atoms with Crippen molar-refractivity contribution in [3.8, 4) is 11.5 Å². The molecule has 41 heavy (non-hydrogen) atoms. The summed E-state index contributed by atoms with van der Waals surface area (Å²) >= 11 is 5.76. The van der Waals surface area contributed by atoms with Gasteiger partial charge in [-0.3, -0.25) is 9.59 Å². The molecule has 1 aromatic heterocycles. The Labute approximate surface area is 242 Å². The number of hydrogen-bond acceptors (Lipinski definition) is 4. The van der Waals surface area contributed by atoms with Crippen molar-refractivity contribution < 1.29 is 33.7 Å². The second-order valence-electron chi connectivity index (χ2n) is 9.52. The maximum Gasteiger partial charge on any atom is 0.307 e. The van der Waals surface area contributed by atoms with E-state index in [-0.39, 0.29) is 23.6 Å². The Morgan fingerprint density at radius 2 is 1.61 bits per heavy atom. The highest BCUT2D eigenvalue weighted by Crippen LogP contribution is 2.28. The van der Waals surface area contributed by atoms with Gasteiger partial charge in [0, 0.05) is 30.1 Å². The summed E-state index contributed by atoms with van der Waals surface area (Å²) in [6.07, 6.45) is 7.54. The normalized spacial score (nSPS) is 11.3. The van der Waals surface area contributed by atoms with Gasteiger partial charge in [0.15, 0.2) is 11.6 Å². The second-order valence-corrected chi connectivity index (χ2v) is 9.92. The van der Waals surface area contributed by atoms with Gasteiger partial charge in [-0.15, -0.1) is 0 Å². The molecule has 7 nitrogen and oxygen atoms in total. The highest BCUT2D eigenvalue weighted by molar-refractivity contribution is 6.30. The smallest absolute Gasteiger partial charge is 0.307 e. The highest BCUT2D eigenvalue weighted by atomic mass is 35.5. The van der Waals surface area contributed by atoms with Crippen LogP contribution in [0, 0.1) is 5.82 Å². The summed E-state index contributed by atoms with van der Waals surface area (Å²) in [4.78, 5) is 22.4. The van der Waals surface area contributed by atoms with Crippen molar-refractivity contribution in [3.05, 3.63) is 94.4 Å². The number of carboxylic acids is 2. The summed E-state index contributed by atoms with van der Waals surface area (Å²) < 4.78 is 27.0. The van der Waals surface area contributed by atoms with Crippen molar-refractivity contribution in [2.75, 3.05) is 13.2 Å². The Morgan fingerprint density at radius 3 is 2.34 bits per heavy atom. The fourth-order valence-corrected chi connectivity index (χ4v) is 4.69. The lowest BCUT2D eigenvalue weighted by Gasteiger charge is -2.09. The average Bonchev–Trinajstić information content (AvgIpc) is 3.29. The standard InChI is InChI=1S/C32H31ClFNO6/c33-26-7-4-9-28(32(26)34)41-19-2-1-18-40-25-15-12-22(13-16-25)11-14-23-6-3-8-27-31(23)24(20-30(38)39)21-35(27)17-5-10-29(36)37/h3-4,6-9,11-16,21H,1-2,5,10,17-20H2,(H,36,37)(H,38,39)/b14-11+. The third kappa shape index (κ3) is 8.35. The lowest BCUT2D eigenvalue weighted by atomic mass is 10.0. The maximum absolute atomic E-state index is 13.9. The molecule has 0 amide bonds. The molecule has 0 fully saturated rings. The van der Waals surface area contributed by atoms with Gasteiger partial charge in [-0.1, -0.05) is 54.1 Å². The number of ether oxygens (including phenoxy) is 2. The third-order valence-electron chi connectivity index (χ3n) is 6.46. The Morgan fingerprint density at radius 1 is 0.878 bits per heavy atom. The molecule has 3 aromatic carbocycles. The Balaban J connectivity index is 1.34. The molecule has 2 N–H and O–H groups in total. The summed E-state index contributed by atoms with van der Waals surface area (Å²) in [5.41, 5.74) is 3.40. The van der Waals surface area contributed by atoms with E-state index in [1.807, 2.05) is 65.4 Å². The molecule has 214 valence electrons. The number of rotatable bonds is 15. The number of unbranched alkanes of at least 4 members (excludes halogenated alkanes) is 1. The maximum atomic E-state index is 13.9. The molecule has 0 aliphatic heterocycles. The number of halogens is 2. The van der Waals surface area contributed by atoms with Crippen molar-refractivity contribution in [2.24, 2.45) is 0 Å². The zero-order chi connectivity index (χ0) is 29.2. The van der Waals surface area contributed by atoms with Crippen molar-refractivity contribution in [1.29, 1.82) is 0 Å². The molecular formula is C32H31ClFNO6. The topological polar surface area (TPSA) is 98.0 Å². The van der Waals surface area contributed by atoms with Gasteiger partial charge in [-0.2, -0.15) is 0 Å². The first-order valence-electron chi connectivity index (χ1n) is 13.3. The summed E-state index contributed by atoms with van der Waals surface area (Å²) in [7, 11) is 0. The molecule has 0 saturated carbocycles. The van der Waals surface area contributed by atoms with E-state index >= 15 is 0 Å². The molecule has 0 bridgehead atoms. The van der Waals surface area contributed by atoms with Gasteiger partial charge in [-0.25, -0.2) is 4.39 Å². The van der Waals surface area contributed by atoms with Crippen molar-refractivity contribution in [1.82, 2.24) is 4.57 Å². The van der Waals surface area contributed by atoms with Crippen LogP contribution in [0.4, 0.5) is 4.39 Å². The van der Waals surface area contributed by atoms with Gasteiger partial charge in [-0.05, 0) is 66.3 Å². The van der Waals surface area contributed by atoms with E-state index in [9.17, 15) is 19.1 Å². The number of nitrogens with zero attached hydrogens (tertiary/aromatic N) is 1. The van der Waals surface area contributed by atoms with Gasteiger partial charge in [0.2, 0.25) is 0 Å². The van der Waals surface area contributed by atoms with Crippen molar-refractivity contribution in [3.63, 3.8) is 0 Å². The lowest BCUT2D eigenvalue weighted by Crippen LogP contribution is -2.03. The number of aryl methyl sites for hydroxylation is 1. The molecule has 0 aliphatic carbocycles. The van der Waals surface area contributed by atoms with E-state index < -0.39 is 17.8 Å². The van der Waals surface area contributed by atoms with Crippen LogP contribution in [0.25, 0.3) is 23.1 Å². The number of aromatic nitrogens is 1. The monoisotopic (exact) mass is 579 g/mol. The van der Waals surface area contributed by atoms with Crippen LogP contribution in [0.3, 0.4) is 0 Å². The summed E-state index contributed by atoms with van der Waals surface area (Å²) in [6.45, 7) is 1.34. The minimum atomic E-state index is -0.925. The lowest BCUT2D eigenvalue weighted by molar-refractivity contribution is -0.137. The first-order chi connectivity index (χ1) is 19.8. The van der Waals surface area contributed by atoms with Gasteiger partial charge >= 0.3 is 11.9 Å². The molecule has 4 aromatic rings. The third-order valence-corrected chi connectivity index (χ3v) is 6.76. The van der Waals surface area contributed by atoms with E-state index in [0.717, 1.165) is 34.2 Å². The van der Waals surface area contributed by atoms with E-state index in [4.69, 9.17) is 26.2 Å².